The highest BCUT2D eigenvalue weighted by Gasteiger charge is 2.01. The molecular weight excluding hydrogens is 346 g/mol. The second-order valence-electron chi connectivity index (χ2n) is 4.70. The van der Waals surface area contributed by atoms with Gasteiger partial charge in [-0.25, -0.2) is 9.98 Å². The van der Waals surface area contributed by atoms with Crippen LogP contribution in [0.3, 0.4) is 0 Å². The lowest BCUT2D eigenvalue weighted by Crippen LogP contribution is -2.26. The molecule has 0 aliphatic heterocycles. The van der Waals surface area contributed by atoms with Crippen LogP contribution in [-0.2, 0) is 0 Å². The Balaban J connectivity index is 0.000000443. The molecule has 10 heteroatoms. The second kappa shape index (κ2) is 13.0. The van der Waals surface area contributed by atoms with E-state index < -0.39 is 5.56 Å². The number of aromatic nitrogens is 3. The highest BCUT2D eigenvalue weighted by molar-refractivity contribution is 5.85. The normalized spacial score (nSPS) is 10.7. The average Bonchev–Trinajstić information content (AvgIpc) is 2.62. The lowest BCUT2D eigenvalue weighted by atomic mass is 10.2. The molecule has 1 unspecified atom stereocenters. The number of nitrogens with one attached hydrogen (secondary N) is 2. The molecule has 3 N–H and O–H groups in total. The zero-order valence-electron chi connectivity index (χ0n) is 14.5. The molecule has 0 aliphatic carbocycles. The van der Waals surface area contributed by atoms with Crippen molar-refractivity contribution in [3.63, 3.8) is 0 Å². The quantitative estimate of drug-likeness (QED) is 0.512. The maximum absolute atomic E-state index is 11.1. The van der Waals surface area contributed by atoms with Crippen LogP contribution in [0.25, 0.3) is 10.9 Å². The summed E-state index contributed by atoms with van der Waals surface area (Å²) in [5.41, 5.74) is -0.0756. The van der Waals surface area contributed by atoms with Crippen molar-refractivity contribution in [3.05, 3.63) is 34.6 Å². The largest absolute Gasteiger partial charge is 0.407 e. The summed E-state index contributed by atoms with van der Waals surface area (Å²) < 4.78 is 0. The van der Waals surface area contributed by atoms with Crippen LogP contribution in [0.2, 0.25) is 0 Å². The molecule has 0 saturated heterocycles. The number of hydrogen-bond donors (Lipinski definition) is 3. The standard InChI is InChI=1S/C8H18N4.C7H5N3O2.ClH/c1-4-11-7-12-8(10-3)5-6-9-2;11-7-5-3-1-2-4-6(5)8-9-10(7)12;/h8-10H,4-6H2,1-3H3;1-4,12H;1H. The van der Waals surface area contributed by atoms with Crippen molar-refractivity contribution < 1.29 is 5.21 Å². The van der Waals surface area contributed by atoms with Gasteiger partial charge in [-0.1, -0.05) is 12.1 Å². The van der Waals surface area contributed by atoms with Crippen molar-refractivity contribution >= 4 is 29.3 Å². The van der Waals surface area contributed by atoms with E-state index in [1.54, 1.807) is 24.3 Å². The van der Waals surface area contributed by atoms with E-state index in [-0.39, 0.29) is 23.4 Å². The summed E-state index contributed by atoms with van der Waals surface area (Å²) in [6.45, 7) is 3.65. The Labute approximate surface area is 152 Å². The Hall–Kier alpha value is -2.32. The van der Waals surface area contributed by atoms with Crippen molar-refractivity contribution in [1.82, 2.24) is 25.8 Å². The zero-order valence-corrected chi connectivity index (χ0v) is 15.3. The molecule has 0 bridgehead atoms. The molecule has 0 aliphatic rings. The molecule has 2 rings (SSSR count). The molecule has 0 fully saturated rings. The first-order chi connectivity index (χ1) is 11.6. The lowest BCUT2D eigenvalue weighted by Gasteiger charge is -2.07. The van der Waals surface area contributed by atoms with E-state index in [2.05, 4.69) is 36.9 Å². The molecule has 0 amide bonds. The maximum Gasteiger partial charge on any atom is 0.314 e. The fraction of sp³-hybridized carbons (Fsp3) is 0.467. The first-order valence-corrected chi connectivity index (χ1v) is 7.61. The van der Waals surface area contributed by atoms with Gasteiger partial charge in [-0.15, -0.1) is 17.5 Å². The average molecular weight is 370 g/mol. The topological polar surface area (TPSA) is 117 Å². The van der Waals surface area contributed by atoms with Gasteiger partial charge >= 0.3 is 5.56 Å². The molecule has 1 aromatic heterocycles. The number of benzene rings is 1. The van der Waals surface area contributed by atoms with Gasteiger partial charge in [0.25, 0.3) is 0 Å². The summed E-state index contributed by atoms with van der Waals surface area (Å²) in [5, 5.41) is 22.2. The van der Waals surface area contributed by atoms with Crippen molar-refractivity contribution in [2.24, 2.45) is 9.98 Å². The van der Waals surface area contributed by atoms with Gasteiger partial charge < -0.3 is 10.5 Å². The van der Waals surface area contributed by atoms with Crippen LogP contribution in [0.5, 0.6) is 0 Å². The first-order valence-electron chi connectivity index (χ1n) is 7.61. The van der Waals surface area contributed by atoms with Crippen LogP contribution in [0.4, 0.5) is 0 Å². The van der Waals surface area contributed by atoms with Crippen LogP contribution in [-0.4, -0.2) is 59.7 Å². The molecule has 0 radical (unpaired) electrons. The summed E-state index contributed by atoms with van der Waals surface area (Å²) in [4.78, 5) is 19.4. The van der Waals surface area contributed by atoms with E-state index in [0.717, 1.165) is 19.5 Å². The Bertz CT molecular complexity index is 744. The van der Waals surface area contributed by atoms with Crippen molar-refractivity contribution in [3.8, 4) is 0 Å². The number of nitrogens with zero attached hydrogens (tertiary/aromatic N) is 5. The smallest absolute Gasteiger partial charge is 0.314 e. The lowest BCUT2D eigenvalue weighted by molar-refractivity contribution is 0.127. The Morgan fingerprint density at radius 1 is 1.36 bits per heavy atom. The Morgan fingerprint density at radius 3 is 2.72 bits per heavy atom. The fourth-order valence-corrected chi connectivity index (χ4v) is 1.72. The fourth-order valence-electron chi connectivity index (χ4n) is 1.72. The van der Waals surface area contributed by atoms with E-state index >= 15 is 0 Å². The minimum Gasteiger partial charge on any atom is -0.407 e. The first kappa shape index (κ1) is 22.7. The van der Waals surface area contributed by atoms with Gasteiger partial charge in [-0.2, -0.15) is 0 Å². The third kappa shape index (κ3) is 7.86. The summed E-state index contributed by atoms with van der Waals surface area (Å²) in [7, 11) is 3.81. The number of fused-ring (bicyclic) bond motifs is 1. The molecule has 25 heavy (non-hydrogen) atoms. The minimum absolute atomic E-state index is 0. The van der Waals surface area contributed by atoms with Crippen LogP contribution < -0.4 is 16.2 Å². The minimum atomic E-state index is -0.555. The monoisotopic (exact) mass is 369 g/mol. The second-order valence-corrected chi connectivity index (χ2v) is 4.70. The predicted molar refractivity (Wildman–Crippen MR) is 100 cm³/mol. The zero-order chi connectivity index (χ0) is 17.8. The van der Waals surface area contributed by atoms with E-state index in [4.69, 9.17) is 5.21 Å². The SMILES string of the molecule is CCN=C=NC(CCNC)NC.Cl.O=c1c2ccccc2nnn1O. The summed E-state index contributed by atoms with van der Waals surface area (Å²) in [6.07, 6.45) is 1.09. The summed E-state index contributed by atoms with van der Waals surface area (Å²) in [5.74, 6) is 0. The molecule has 1 atom stereocenters. The van der Waals surface area contributed by atoms with Gasteiger partial charge in [0, 0.05) is 6.54 Å². The summed E-state index contributed by atoms with van der Waals surface area (Å²) in [6, 6.07) is 9.34. The molecule has 2 aromatic rings. The number of hydrogen-bond acceptors (Lipinski definition) is 8. The van der Waals surface area contributed by atoms with Gasteiger partial charge in [-0.05, 0) is 56.2 Å². The molecule has 9 nitrogen and oxygen atoms in total. The highest BCUT2D eigenvalue weighted by Crippen LogP contribution is 2.02. The number of aliphatic imine (C=N–C) groups is 2. The molecule has 0 saturated carbocycles. The van der Waals surface area contributed by atoms with E-state index in [1.807, 2.05) is 21.0 Å². The van der Waals surface area contributed by atoms with Crippen molar-refractivity contribution in [2.45, 2.75) is 19.5 Å². The number of rotatable bonds is 6. The molecule has 0 spiro atoms. The van der Waals surface area contributed by atoms with Crippen LogP contribution >= 0.6 is 12.4 Å². The molecule has 1 heterocycles. The molecular formula is C15H24ClN7O2. The van der Waals surface area contributed by atoms with Gasteiger partial charge in [0.05, 0.1) is 11.4 Å². The van der Waals surface area contributed by atoms with E-state index in [9.17, 15) is 4.79 Å². The molecule has 138 valence electrons. The van der Waals surface area contributed by atoms with E-state index in [1.165, 1.54) is 0 Å². The third-order valence-electron chi connectivity index (χ3n) is 3.00. The van der Waals surface area contributed by atoms with Crippen LogP contribution in [0.15, 0.2) is 39.0 Å². The van der Waals surface area contributed by atoms with Crippen LogP contribution in [0.1, 0.15) is 13.3 Å². The number of halogens is 1. The summed E-state index contributed by atoms with van der Waals surface area (Å²) >= 11 is 0. The van der Waals surface area contributed by atoms with Crippen molar-refractivity contribution in [2.75, 3.05) is 27.2 Å². The molecule has 1 aromatic carbocycles. The third-order valence-corrected chi connectivity index (χ3v) is 3.00. The van der Waals surface area contributed by atoms with Gasteiger partial charge in [-0.3, -0.25) is 10.1 Å². The highest BCUT2D eigenvalue weighted by atomic mass is 35.5. The van der Waals surface area contributed by atoms with E-state index in [0.29, 0.717) is 10.9 Å². The van der Waals surface area contributed by atoms with Gasteiger partial charge in [0.1, 0.15) is 11.7 Å². The Morgan fingerprint density at radius 2 is 2.08 bits per heavy atom. The Kier molecular flexibility index (Phi) is 11.8. The maximum atomic E-state index is 11.1. The van der Waals surface area contributed by atoms with Crippen LogP contribution in [0, 0.1) is 0 Å². The predicted octanol–water partition coefficient (Wildman–Crippen LogP) is 0.786. The van der Waals surface area contributed by atoms with Crippen molar-refractivity contribution in [1.29, 1.82) is 0 Å². The van der Waals surface area contributed by atoms with Gasteiger partial charge in [0.2, 0.25) is 0 Å². The van der Waals surface area contributed by atoms with Gasteiger partial charge in [0.15, 0.2) is 0 Å².